The highest BCUT2D eigenvalue weighted by Crippen LogP contribution is 2.29. The zero-order chi connectivity index (χ0) is 20.4. The Bertz CT molecular complexity index is 1030. The zero-order valence-corrected chi connectivity index (χ0v) is 15.4. The van der Waals surface area contributed by atoms with E-state index >= 15 is 0 Å². The number of ether oxygens (including phenoxy) is 1. The van der Waals surface area contributed by atoms with Crippen LogP contribution < -0.4 is 10.6 Å². The van der Waals surface area contributed by atoms with E-state index in [9.17, 15) is 13.2 Å². The van der Waals surface area contributed by atoms with Gasteiger partial charge in [-0.15, -0.1) is 0 Å². The van der Waals surface area contributed by atoms with Crippen LogP contribution in [0.3, 0.4) is 0 Å². The monoisotopic (exact) mass is 423 g/mol. The van der Waals surface area contributed by atoms with Crippen LogP contribution in [0.25, 0.3) is 11.5 Å². The molecule has 0 aliphatic carbocycles. The number of nitrogens with zero attached hydrogens (tertiary/aromatic N) is 5. The topological polar surface area (TPSA) is 97.7 Å². The lowest BCUT2D eigenvalue weighted by Crippen LogP contribution is -2.40. The number of anilines is 3. The van der Waals surface area contributed by atoms with Gasteiger partial charge in [-0.3, -0.25) is 4.98 Å². The molecular formula is C17H13ClF3N7O. The van der Waals surface area contributed by atoms with Crippen LogP contribution in [0.2, 0.25) is 5.15 Å². The Morgan fingerprint density at radius 3 is 2.52 bits per heavy atom. The molecule has 0 atom stereocenters. The van der Waals surface area contributed by atoms with Crippen LogP contribution in [0.1, 0.15) is 5.69 Å². The molecule has 0 aromatic carbocycles. The second-order valence-electron chi connectivity index (χ2n) is 6.08. The van der Waals surface area contributed by atoms with Gasteiger partial charge in [0, 0.05) is 11.9 Å². The van der Waals surface area contributed by atoms with E-state index in [0.717, 1.165) is 12.3 Å². The third-order valence-electron chi connectivity index (χ3n) is 3.86. The maximum Gasteiger partial charge on any atom is 0.433 e. The van der Waals surface area contributed by atoms with E-state index in [4.69, 9.17) is 16.3 Å². The standard InChI is InChI=1S/C17H13ClF3N7O/c18-13-3-1-2-11(25-13)14-26-15(28-16(27-14)24-10-7-29-8-10)23-9-4-5-22-12(6-9)17(19,20)21/h1-6,10H,7-8H2,(H2,22,23,24,26,27,28). The summed E-state index contributed by atoms with van der Waals surface area (Å²) >= 11 is 5.94. The number of pyridine rings is 2. The Kier molecular flexibility index (Phi) is 5.16. The first-order chi connectivity index (χ1) is 13.9. The molecule has 0 amide bonds. The van der Waals surface area contributed by atoms with Gasteiger partial charge < -0.3 is 15.4 Å². The van der Waals surface area contributed by atoms with E-state index in [-0.39, 0.29) is 34.6 Å². The van der Waals surface area contributed by atoms with Crippen LogP contribution in [0.15, 0.2) is 36.5 Å². The van der Waals surface area contributed by atoms with Gasteiger partial charge in [-0.25, -0.2) is 4.98 Å². The minimum atomic E-state index is -4.57. The second-order valence-corrected chi connectivity index (χ2v) is 6.47. The van der Waals surface area contributed by atoms with Gasteiger partial charge in [-0.05, 0) is 24.3 Å². The molecule has 4 heterocycles. The summed E-state index contributed by atoms with van der Waals surface area (Å²) in [5, 5.41) is 6.09. The van der Waals surface area contributed by atoms with Gasteiger partial charge in [-0.2, -0.15) is 28.1 Å². The number of alkyl halides is 3. The summed E-state index contributed by atoms with van der Waals surface area (Å²) in [5.41, 5.74) is -0.513. The highest BCUT2D eigenvalue weighted by atomic mass is 35.5. The Hall–Kier alpha value is -3.05. The molecule has 8 nitrogen and oxygen atoms in total. The summed E-state index contributed by atoms with van der Waals surface area (Å²) < 4.78 is 43.8. The lowest BCUT2D eigenvalue weighted by atomic mass is 10.3. The molecule has 2 N–H and O–H groups in total. The van der Waals surface area contributed by atoms with Gasteiger partial charge >= 0.3 is 6.18 Å². The number of hydrogen-bond donors (Lipinski definition) is 2. The maximum absolute atomic E-state index is 12.9. The molecule has 1 aliphatic rings. The van der Waals surface area contributed by atoms with Gasteiger partial charge in [0.2, 0.25) is 11.9 Å². The lowest BCUT2D eigenvalue weighted by Gasteiger charge is -2.26. The van der Waals surface area contributed by atoms with Crippen molar-refractivity contribution >= 4 is 29.2 Å². The van der Waals surface area contributed by atoms with Crippen LogP contribution in [0.5, 0.6) is 0 Å². The highest BCUT2D eigenvalue weighted by molar-refractivity contribution is 6.29. The molecule has 1 aliphatic heterocycles. The van der Waals surface area contributed by atoms with Crippen molar-refractivity contribution < 1.29 is 17.9 Å². The van der Waals surface area contributed by atoms with Gasteiger partial charge in [0.15, 0.2) is 5.82 Å². The molecule has 29 heavy (non-hydrogen) atoms. The van der Waals surface area contributed by atoms with E-state index in [2.05, 4.69) is 35.6 Å². The summed E-state index contributed by atoms with van der Waals surface area (Å²) in [5.74, 6) is 0.481. The predicted molar refractivity (Wildman–Crippen MR) is 98.8 cm³/mol. The molecule has 0 radical (unpaired) electrons. The van der Waals surface area contributed by atoms with Crippen LogP contribution in [0.4, 0.5) is 30.8 Å². The third-order valence-corrected chi connectivity index (χ3v) is 4.07. The summed E-state index contributed by atoms with van der Waals surface area (Å²) in [4.78, 5) is 20.3. The summed E-state index contributed by atoms with van der Waals surface area (Å²) in [6.45, 7) is 0.997. The minimum Gasteiger partial charge on any atom is -0.377 e. The molecule has 0 saturated carbocycles. The molecule has 1 saturated heterocycles. The van der Waals surface area contributed by atoms with Gasteiger partial charge in [-0.1, -0.05) is 17.7 Å². The van der Waals surface area contributed by atoms with E-state index in [1.54, 1.807) is 18.2 Å². The second kappa shape index (κ2) is 7.76. The lowest BCUT2D eigenvalue weighted by molar-refractivity contribution is -0.141. The first-order valence-electron chi connectivity index (χ1n) is 8.40. The average Bonchev–Trinajstić information content (AvgIpc) is 2.64. The molecule has 4 rings (SSSR count). The van der Waals surface area contributed by atoms with Crippen molar-refractivity contribution in [2.24, 2.45) is 0 Å². The van der Waals surface area contributed by atoms with E-state index in [0.29, 0.717) is 18.9 Å². The Balaban J connectivity index is 1.68. The number of nitrogens with one attached hydrogen (secondary N) is 2. The highest BCUT2D eigenvalue weighted by Gasteiger charge is 2.32. The SMILES string of the molecule is FC(F)(F)c1cc(Nc2nc(NC3COC3)nc(-c3cccc(Cl)n3)n2)ccn1. The van der Waals surface area contributed by atoms with Crippen molar-refractivity contribution in [1.29, 1.82) is 0 Å². The Labute approximate surface area is 167 Å². The molecule has 0 unspecified atom stereocenters. The average molecular weight is 424 g/mol. The summed E-state index contributed by atoms with van der Waals surface area (Å²) in [6, 6.07) is 7.23. The van der Waals surface area contributed by atoms with Gasteiger partial charge in [0.25, 0.3) is 0 Å². The van der Waals surface area contributed by atoms with Crippen LogP contribution >= 0.6 is 11.6 Å². The molecule has 150 valence electrons. The van der Waals surface area contributed by atoms with Crippen molar-refractivity contribution in [2.45, 2.75) is 12.2 Å². The first-order valence-corrected chi connectivity index (χ1v) is 8.78. The van der Waals surface area contributed by atoms with Gasteiger partial charge in [0.1, 0.15) is 16.5 Å². The summed E-state index contributed by atoms with van der Waals surface area (Å²) in [7, 11) is 0. The third kappa shape index (κ3) is 4.69. The number of aromatic nitrogens is 5. The summed E-state index contributed by atoms with van der Waals surface area (Å²) in [6.07, 6.45) is -3.51. The molecule has 12 heteroatoms. The largest absolute Gasteiger partial charge is 0.433 e. The first kappa shape index (κ1) is 19.3. The molecular weight excluding hydrogens is 411 g/mol. The van der Waals surface area contributed by atoms with Crippen molar-refractivity contribution in [1.82, 2.24) is 24.9 Å². The Morgan fingerprint density at radius 1 is 1.03 bits per heavy atom. The Morgan fingerprint density at radius 2 is 1.83 bits per heavy atom. The number of hydrogen-bond acceptors (Lipinski definition) is 8. The smallest absolute Gasteiger partial charge is 0.377 e. The number of rotatable bonds is 5. The quantitative estimate of drug-likeness (QED) is 0.601. The molecule has 0 bridgehead atoms. The minimum absolute atomic E-state index is 0.0307. The maximum atomic E-state index is 12.9. The predicted octanol–water partition coefficient (Wildman–Crippen LogP) is 3.56. The molecule has 3 aromatic rings. The fourth-order valence-corrected chi connectivity index (χ4v) is 2.60. The van der Waals surface area contributed by atoms with Crippen molar-refractivity contribution in [3.8, 4) is 11.5 Å². The number of halogens is 4. The van der Waals surface area contributed by atoms with Crippen LogP contribution in [0, 0.1) is 0 Å². The molecule has 3 aromatic heterocycles. The van der Waals surface area contributed by atoms with Gasteiger partial charge in [0.05, 0.1) is 19.3 Å². The van der Waals surface area contributed by atoms with E-state index in [1.165, 1.54) is 6.07 Å². The van der Waals surface area contributed by atoms with Crippen LogP contribution in [-0.4, -0.2) is 44.2 Å². The van der Waals surface area contributed by atoms with E-state index in [1.807, 2.05) is 0 Å². The fraction of sp³-hybridized carbons (Fsp3) is 0.235. The van der Waals surface area contributed by atoms with Crippen molar-refractivity contribution in [2.75, 3.05) is 23.8 Å². The van der Waals surface area contributed by atoms with Crippen LogP contribution in [-0.2, 0) is 10.9 Å². The zero-order valence-electron chi connectivity index (χ0n) is 14.6. The van der Waals surface area contributed by atoms with E-state index < -0.39 is 11.9 Å². The normalized spacial score (nSPS) is 14.3. The van der Waals surface area contributed by atoms with Crippen molar-refractivity contribution in [3.05, 3.63) is 47.4 Å². The molecule has 0 spiro atoms. The molecule has 1 fully saturated rings. The fourth-order valence-electron chi connectivity index (χ4n) is 2.44. The van der Waals surface area contributed by atoms with Crippen molar-refractivity contribution in [3.63, 3.8) is 0 Å².